The monoisotopic (exact) mass is 198 g/mol. The van der Waals surface area contributed by atoms with E-state index in [0.29, 0.717) is 6.04 Å². The Bertz CT molecular complexity index is 165. The second kappa shape index (κ2) is 5.10. The molecule has 14 heavy (non-hydrogen) atoms. The molecule has 1 N–H and O–H groups in total. The third-order valence-corrected chi connectivity index (χ3v) is 3.33. The Kier molecular flexibility index (Phi) is 3.79. The third kappa shape index (κ3) is 2.94. The van der Waals surface area contributed by atoms with Gasteiger partial charge in [0.25, 0.3) is 0 Å². The van der Waals surface area contributed by atoms with E-state index in [2.05, 4.69) is 17.3 Å². The normalized spacial score (nSPS) is 29.1. The molecule has 2 aliphatic rings. The number of morpholine rings is 1. The number of hydrogen-bond donors (Lipinski definition) is 1. The summed E-state index contributed by atoms with van der Waals surface area (Å²) in [6, 6.07) is 0.550. The van der Waals surface area contributed by atoms with Gasteiger partial charge in [0, 0.05) is 25.7 Å². The maximum atomic E-state index is 5.44. The number of nitrogens with zero attached hydrogens (tertiary/aromatic N) is 1. The lowest BCUT2D eigenvalue weighted by molar-refractivity contribution is 0.0611. The summed E-state index contributed by atoms with van der Waals surface area (Å²) in [6.07, 6.45) is 4.33. The lowest BCUT2D eigenvalue weighted by atomic mass is 9.85. The summed E-state index contributed by atoms with van der Waals surface area (Å²) in [5, 5.41) is 3.49. The minimum absolute atomic E-state index is 0.550. The Morgan fingerprint density at radius 1 is 1.36 bits per heavy atom. The number of likely N-dealkylation sites (N-methyl/N-ethyl adjacent to an activating group) is 1. The molecule has 82 valence electrons. The highest BCUT2D eigenvalue weighted by Gasteiger charge is 2.21. The van der Waals surface area contributed by atoms with E-state index in [9.17, 15) is 0 Å². The molecule has 2 fully saturated rings. The molecule has 1 saturated carbocycles. The van der Waals surface area contributed by atoms with Gasteiger partial charge in [-0.1, -0.05) is 6.42 Å². The highest BCUT2D eigenvalue weighted by molar-refractivity contribution is 4.77. The molecule has 0 aromatic rings. The van der Waals surface area contributed by atoms with Gasteiger partial charge in [-0.3, -0.25) is 0 Å². The second-order valence-electron chi connectivity index (χ2n) is 4.74. The van der Waals surface area contributed by atoms with Crippen molar-refractivity contribution in [2.24, 2.45) is 5.92 Å². The van der Waals surface area contributed by atoms with Crippen LogP contribution in [0.25, 0.3) is 0 Å². The van der Waals surface area contributed by atoms with E-state index in [1.165, 1.54) is 25.8 Å². The molecular formula is C11H22N2O. The number of rotatable bonds is 4. The largest absolute Gasteiger partial charge is 0.378 e. The van der Waals surface area contributed by atoms with Crippen LogP contribution in [0.1, 0.15) is 19.3 Å². The molecule has 0 amide bonds. The topological polar surface area (TPSA) is 24.5 Å². The molecule has 3 heteroatoms. The van der Waals surface area contributed by atoms with Crippen molar-refractivity contribution < 1.29 is 4.74 Å². The van der Waals surface area contributed by atoms with Gasteiger partial charge in [-0.05, 0) is 25.8 Å². The van der Waals surface area contributed by atoms with Crippen LogP contribution in [0, 0.1) is 5.92 Å². The van der Waals surface area contributed by atoms with Crippen molar-refractivity contribution in [2.45, 2.75) is 25.3 Å². The van der Waals surface area contributed by atoms with Crippen molar-refractivity contribution >= 4 is 0 Å². The molecule has 0 aromatic carbocycles. The minimum atomic E-state index is 0.550. The molecule has 0 radical (unpaired) electrons. The van der Waals surface area contributed by atoms with Crippen molar-refractivity contribution in [3.63, 3.8) is 0 Å². The van der Waals surface area contributed by atoms with Gasteiger partial charge in [0.2, 0.25) is 0 Å². The number of nitrogens with one attached hydrogen (secondary N) is 1. The van der Waals surface area contributed by atoms with Crippen molar-refractivity contribution in [1.82, 2.24) is 10.2 Å². The Morgan fingerprint density at radius 2 is 2.21 bits per heavy atom. The summed E-state index contributed by atoms with van der Waals surface area (Å²) >= 11 is 0. The van der Waals surface area contributed by atoms with Gasteiger partial charge in [0.1, 0.15) is 0 Å². The average molecular weight is 198 g/mol. The molecule has 0 aromatic heterocycles. The van der Waals surface area contributed by atoms with E-state index in [1.54, 1.807) is 0 Å². The quantitative estimate of drug-likeness (QED) is 0.720. The minimum Gasteiger partial charge on any atom is -0.378 e. The van der Waals surface area contributed by atoms with Gasteiger partial charge in [-0.25, -0.2) is 0 Å². The Balaban J connectivity index is 1.62. The van der Waals surface area contributed by atoms with E-state index in [-0.39, 0.29) is 0 Å². The summed E-state index contributed by atoms with van der Waals surface area (Å²) in [5.41, 5.74) is 0. The van der Waals surface area contributed by atoms with Crippen LogP contribution in [0.2, 0.25) is 0 Å². The van der Waals surface area contributed by atoms with Crippen LogP contribution >= 0.6 is 0 Å². The van der Waals surface area contributed by atoms with E-state index < -0.39 is 0 Å². The molecule has 1 saturated heterocycles. The molecular weight excluding hydrogens is 176 g/mol. The van der Waals surface area contributed by atoms with Gasteiger partial charge in [-0.2, -0.15) is 0 Å². The fourth-order valence-electron chi connectivity index (χ4n) is 2.30. The Labute approximate surface area is 86.8 Å². The van der Waals surface area contributed by atoms with E-state index >= 15 is 0 Å². The zero-order chi connectivity index (χ0) is 9.80. The van der Waals surface area contributed by atoms with Crippen LogP contribution in [0.5, 0.6) is 0 Å². The highest BCUT2D eigenvalue weighted by atomic mass is 16.5. The molecule has 1 aliphatic carbocycles. The third-order valence-electron chi connectivity index (χ3n) is 3.33. The lowest BCUT2D eigenvalue weighted by Crippen LogP contribution is -2.48. The first kappa shape index (κ1) is 10.4. The fraction of sp³-hybridized carbons (Fsp3) is 1.00. The van der Waals surface area contributed by atoms with Crippen LogP contribution in [0.3, 0.4) is 0 Å². The van der Waals surface area contributed by atoms with E-state index in [0.717, 1.165) is 32.2 Å². The number of ether oxygens (including phenoxy) is 1. The van der Waals surface area contributed by atoms with Crippen LogP contribution in [0.15, 0.2) is 0 Å². The van der Waals surface area contributed by atoms with Gasteiger partial charge in [-0.15, -0.1) is 0 Å². The molecule has 3 nitrogen and oxygen atoms in total. The Morgan fingerprint density at radius 3 is 2.79 bits per heavy atom. The first-order valence-corrected chi connectivity index (χ1v) is 5.84. The van der Waals surface area contributed by atoms with Crippen LogP contribution in [-0.4, -0.2) is 50.8 Å². The zero-order valence-electron chi connectivity index (χ0n) is 9.17. The fourth-order valence-corrected chi connectivity index (χ4v) is 2.30. The van der Waals surface area contributed by atoms with Crippen LogP contribution in [0.4, 0.5) is 0 Å². The van der Waals surface area contributed by atoms with Crippen LogP contribution < -0.4 is 5.32 Å². The van der Waals surface area contributed by atoms with Gasteiger partial charge < -0.3 is 15.0 Å². The summed E-state index contributed by atoms with van der Waals surface area (Å²) in [4.78, 5) is 2.45. The van der Waals surface area contributed by atoms with Crippen LogP contribution in [-0.2, 0) is 4.74 Å². The molecule has 0 bridgehead atoms. The summed E-state index contributed by atoms with van der Waals surface area (Å²) < 4.78 is 5.44. The van der Waals surface area contributed by atoms with E-state index in [1.807, 2.05) is 0 Å². The highest BCUT2D eigenvalue weighted by Crippen LogP contribution is 2.26. The Hall–Kier alpha value is -0.120. The second-order valence-corrected chi connectivity index (χ2v) is 4.74. The predicted molar refractivity (Wildman–Crippen MR) is 57.4 cm³/mol. The van der Waals surface area contributed by atoms with Gasteiger partial charge >= 0.3 is 0 Å². The molecule has 1 aliphatic heterocycles. The van der Waals surface area contributed by atoms with Crippen molar-refractivity contribution in [2.75, 3.05) is 39.9 Å². The summed E-state index contributed by atoms with van der Waals surface area (Å²) in [7, 11) is 2.23. The van der Waals surface area contributed by atoms with Crippen molar-refractivity contribution in [3.05, 3.63) is 0 Å². The molecule has 0 spiro atoms. The predicted octanol–water partition coefficient (Wildman–Crippen LogP) is 0.707. The van der Waals surface area contributed by atoms with Crippen molar-refractivity contribution in [1.29, 1.82) is 0 Å². The first-order chi connectivity index (χ1) is 6.84. The standard InChI is InChI=1S/C11H22N2O/c1-13(7-10-3-2-4-10)8-11-9-14-6-5-12-11/h10-12H,2-9H2,1H3. The maximum Gasteiger partial charge on any atom is 0.0632 e. The maximum absolute atomic E-state index is 5.44. The van der Waals surface area contributed by atoms with Gasteiger partial charge in [0.15, 0.2) is 0 Å². The SMILES string of the molecule is CN(CC1CCC1)CC1COCCN1. The first-order valence-electron chi connectivity index (χ1n) is 5.84. The summed E-state index contributed by atoms with van der Waals surface area (Å²) in [5.74, 6) is 0.976. The van der Waals surface area contributed by atoms with Gasteiger partial charge in [0.05, 0.1) is 13.2 Å². The molecule has 1 unspecified atom stereocenters. The zero-order valence-corrected chi connectivity index (χ0v) is 9.17. The van der Waals surface area contributed by atoms with E-state index in [4.69, 9.17) is 4.74 Å². The molecule has 1 heterocycles. The molecule has 2 rings (SSSR count). The lowest BCUT2D eigenvalue weighted by Gasteiger charge is -2.33. The number of hydrogen-bond acceptors (Lipinski definition) is 3. The van der Waals surface area contributed by atoms with Crippen molar-refractivity contribution in [3.8, 4) is 0 Å². The smallest absolute Gasteiger partial charge is 0.0632 e. The summed E-state index contributed by atoms with van der Waals surface area (Å²) in [6.45, 7) is 5.19. The molecule has 1 atom stereocenters. The average Bonchev–Trinajstić information content (AvgIpc) is 2.13.